The van der Waals surface area contributed by atoms with Crippen LogP contribution in [-0.2, 0) is 0 Å². The maximum atomic E-state index is 12.8. The van der Waals surface area contributed by atoms with E-state index in [0.29, 0.717) is 12.1 Å². The summed E-state index contributed by atoms with van der Waals surface area (Å²) in [6.45, 7) is 7.59. The molecule has 3 atom stereocenters. The van der Waals surface area contributed by atoms with Crippen LogP contribution in [0.4, 0.5) is 11.4 Å². The van der Waals surface area contributed by atoms with Gasteiger partial charge in [-0.2, -0.15) is 0 Å². The van der Waals surface area contributed by atoms with Crippen molar-refractivity contribution in [2.24, 2.45) is 5.92 Å². The summed E-state index contributed by atoms with van der Waals surface area (Å²) in [4.78, 5) is 26.0. The number of carbonyl (C=O) groups is 1. The minimum Gasteiger partial charge on any atom is -0.378 e. The number of nitro benzene ring substituents is 1. The zero-order chi connectivity index (χ0) is 23.5. The second-order valence-electron chi connectivity index (χ2n) is 8.53. The molecule has 0 saturated carbocycles. The molecule has 1 amide bonds. The number of rotatable bonds is 8. The fourth-order valence-electron chi connectivity index (χ4n) is 4.90. The van der Waals surface area contributed by atoms with Crippen molar-refractivity contribution in [3.63, 3.8) is 0 Å². The number of anilines is 1. The number of hydrogen-bond acceptors (Lipinski definition) is 5. The molecule has 0 bridgehead atoms. The highest BCUT2D eigenvalue weighted by Crippen LogP contribution is 2.50. The van der Waals surface area contributed by atoms with E-state index in [0.717, 1.165) is 42.9 Å². The maximum Gasteiger partial charge on any atom is 0.288 e. The van der Waals surface area contributed by atoms with Crippen molar-refractivity contribution in [2.45, 2.75) is 32.2 Å². The number of fused-ring (bicyclic) bond motifs is 3. The molecule has 4 rings (SSSR count). The predicted octanol–water partition coefficient (Wildman–Crippen LogP) is 5.15. The zero-order valence-corrected chi connectivity index (χ0v) is 19.6. The van der Waals surface area contributed by atoms with Crippen LogP contribution in [0.3, 0.4) is 0 Å². The fraction of sp³-hybridized carbons (Fsp3) is 0.400. The highest BCUT2D eigenvalue weighted by Gasteiger charge is 2.38. The lowest BCUT2D eigenvalue weighted by molar-refractivity contribution is -0.384. The Kier molecular flexibility index (Phi) is 7.00. The molecule has 0 spiro atoms. The first-order valence-electron chi connectivity index (χ1n) is 11.4. The molecule has 0 radical (unpaired) electrons. The van der Waals surface area contributed by atoms with Gasteiger partial charge < -0.3 is 15.5 Å². The van der Waals surface area contributed by atoms with Gasteiger partial charge in [0.1, 0.15) is 5.02 Å². The molecule has 3 unspecified atom stereocenters. The van der Waals surface area contributed by atoms with Gasteiger partial charge >= 0.3 is 0 Å². The van der Waals surface area contributed by atoms with Crippen LogP contribution in [-0.4, -0.2) is 41.9 Å². The van der Waals surface area contributed by atoms with Gasteiger partial charge in [-0.1, -0.05) is 43.7 Å². The molecule has 0 fully saturated rings. The molecule has 2 aliphatic rings. The zero-order valence-electron chi connectivity index (χ0n) is 18.9. The van der Waals surface area contributed by atoms with Crippen molar-refractivity contribution in [1.29, 1.82) is 0 Å². The third kappa shape index (κ3) is 4.75. The number of nitrogens with zero attached hydrogens (tertiary/aromatic N) is 2. The molecule has 33 heavy (non-hydrogen) atoms. The molecule has 0 saturated heterocycles. The highest BCUT2D eigenvalue weighted by molar-refractivity contribution is 6.32. The van der Waals surface area contributed by atoms with Crippen LogP contribution in [0.1, 0.15) is 53.7 Å². The van der Waals surface area contributed by atoms with E-state index in [1.54, 1.807) is 12.1 Å². The quantitative estimate of drug-likeness (QED) is 0.318. The highest BCUT2D eigenvalue weighted by atomic mass is 35.5. The minimum absolute atomic E-state index is 0.0704. The molecule has 2 aromatic carbocycles. The van der Waals surface area contributed by atoms with Crippen LogP contribution in [0.2, 0.25) is 5.02 Å². The molecular formula is C25H29ClN4O3. The number of halogens is 1. The standard InChI is InChI=1S/C25H29ClN4O3/c1-3-29(4-2)13-12-27-25(31)17-9-11-22-20(14-17)18-6-5-7-19(18)24(28-22)16-8-10-21(26)23(15-16)30(32)33/h5-6,8-11,14-15,18-19,24,28H,3-4,7,12-13H2,1-2H3,(H,27,31). The minimum atomic E-state index is -0.446. The largest absolute Gasteiger partial charge is 0.378 e. The Morgan fingerprint density at radius 2 is 2.03 bits per heavy atom. The molecule has 0 aromatic heterocycles. The summed E-state index contributed by atoms with van der Waals surface area (Å²) < 4.78 is 0. The van der Waals surface area contributed by atoms with E-state index in [1.165, 1.54) is 0 Å². The van der Waals surface area contributed by atoms with Crippen molar-refractivity contribution in [3.05, 3.63) is 80.4 Å². The normalized spacial score (nSPS) is 20.8. The number of likely N-dealkylation sites (N-methyl/N-ethyl adjacent to an activating group) is 1. The second kappa shape index (κ2) is 9.93. The Labute approximate surface area is 199 Å². The lowest BCUT2D eigenvalue weighted by atomic mass is 9.76. The van der Waals surface area contributed by atoms with Crippen LogP contribution >= 0.6 is 11.6 Å². The second-order valence-corrected chi connectivity index (χ2v) is 8.94. The van der Waals surface area contributed by atoms with Gasteiger partial charge in [0.2, 0.25) is 0 Å². The van der Waals surface area contributed by atoms with E-state index in [2.05, 4.69) is 41.5 Å². The van der Waals surface area contributed by atoms with Crippen LogP contribution in [0, 0.1) is 16.0 Å². The van der Waals surface area contributed by atoms with Crippen molar-refractivity contribution in [2.75, 3.05) is 31.5 Å². The fourth-order valence-corrected chi connectivity index (χ4v) is 5.08. The molecule has 2 N–H and O–H groups in total. The van der Waals surface area contributed by atoms with Gasteiger partial charge in [0.05, 0.1) is 11.0 Å². The van der Waals surface area contributed by atoms with E-state index in [-0.39, 0.29) is 34.5 Å². The summed E-state index contributed by atoms with van der Waals surface area (Å²) in [5, 5.41) is 18.1. The Bertz CT molecular complexity index is 1080. The van der Waals surface area contributed by atoms with Gasteiger partial charge in [0.25, 0.3) is 11.6 Å². The predicted molar refractivity (Wildman–Crippen MR) is 131 cm³/mol. The van der Waals surface area contributed by atoms with Crippen LogP contribution in [0.5, 0.6) is 0 Å². The monoisotopic (exact) mass is 468 g/mol. The number of nitro groups is 1. The van der Waals surface area contributed by atoms with Crippen molar-refractivity contribution >= 4 is 28.9 Å². The Morgan fingerprint density at radius 3 is 2.76 bits per heavy atom. The van der Waals surface area contributed by atoms with Crippen LogP contribution < -0.4 is 10.6 Å². The lowest BCUT2D eigenvalue weighted by Crippen LogP contribution is -2.35. The number of nitrogens with one attached hydrogen (secondary N) is 2. The van der Waals surface area contributed by atoms with Crippen molar-refractivity contribution < 1.29 is 9.72 Å². The van der Waals surface area contributed by atoms with E-state index in [1.807, 2.05) is 24.3 Å². The number of carbonyl (C=O) groups excluding carboxylic acids is 1. The van der Waals surface area contributed by atoms with Crippen LogP contribution in [0.15, 0.2) is 48.6 Å². The Balaban J connectivity index is 1.55. The number of allylic oxidation sites excluding steroid dienone is 2. The maximum absolute atomic E-state index is 12.8. The van der Waals surface area contributed by atoms with Gasteiger partial charge in [-0.25, -0.2) is 0 Å². The summed E-state index contributed by atoms with van der Waals surface area (Å²) in [6, 6.07) is 10.7. The van der Waals surface area contributed by atoms with Gasteiger partial charge in [0.15, 0.2) is 0 Å². The average molecular weight is 469 g/mol. The summed E-state index contributed by atoms with van der Waals surface area (Å²) in [7, 11) is 0. The number of amides is 1. The third-order valence-corrected chi connectivity index (χ3v) is 7.08. The van der Waals surface area contributed by atoms with E-state index < -0.39 is 4.92 Å². The van der Waals surface area contributed by atoms with E-state index in [9.17, 15) is 14.9 Å². The van der Waals surface area contributed by atoms with Gasteiger partial charge in [0, 0.05) is 36.3 Å². The van der Waals surface area contributed by atoms with Crippen LogP contribution in [0.25, 0.3) is 0 Å². The SMILES string of the molecule is CCN(CC)CCNC(=O)c1ccc2c(c1)C1C=CCC1C(c1ccc(Cl)c([N+](=O)[O-])c1)N2. The van der Waals surface area contributed by atoms with Crippen molar-refractivity contribution in [1.82, 2.24) is 10.2 Å². The number of benzene rings is 2. The van der Waals surface area contributed by atoms with E-state index in [4.69, 9.17) is 11.6 Å². The van der Waals surface area contributed by atoms with E-state index >= 15 is 0 Å². The summed E-state index contributed by atoms with van der Waals surface area (Å²) >= 11 is 6.02. The van der Waals surface area contributed by atoms with Gasteiger partial charge in [-0.15, -0.1) is 0 Å². The molecule has 174 valence electrons. The summed E-state index contributed by atoms with van der Waals surface area (Å²) in [5.41, 5.74) is 3.44. The first-order chi connectivity index (χ1) is 15.9. The Morgan fingerprint density at radius 1 is 1.24 bits per heavy atom. The lowest BCUT2D eigenvalue weighted by Gasteiger charge is -2.37. The topological polar surface area (TPSA) is 87.5 Å². The summed E-state index contributed by atoms with van der Waals surface area (Å²) in [6.07, 6.45) is 5.20. The summed E-state index contributed by atoms with van der Waals surface area (Å²) in [5.74, 6) is 0.280. The number of hydrogen-bond donors (Lipinski definition) is 2. The van der Waals surface area contributed by atoms with Gasteiger partial charge in [-0.05, 0) is 60.8 Å². The first kappa shape index (κ1) is 23.3. The molecular weight excluding hydrogens is 440 g/mol. The molecule has 2 aromatic rings. The third-order valence-electron chi connectivity index (χ3n) is 6.76. The molecule has 8 heteroatoms. The molecule has 7 nitrogen and oxygen atoms in total. The smallest absolute Gasteiger partial charge is 0.288 e. The van der Waals surface area contributed by atoms with Crippen molar-refractivity contribution in [3.8, 4) is 0 Å². The average Bonchev–Trinajstić information content (AvgIpc) is 3.31. The molecule has 1 aliphatic carbocycles. The Hall–Kier alpha value is -2.90. The van der Waals surface area contributed by atoms with Gasteiger partial charge in [-0.3, -0.25) is 14.9 Å². The molecule has 1 heterocycles. The molecule has 1 aliphatic heterocycles. The first-order valence-corrected chi connectivity index (χ1v) is 11.8.